The van der Waals surface area contributed by atoms with Gasteiger partial charge in [0.1, 0.15) is 5.75 Å². The van der Waals surface area contributed by atoms with Gasteiger partial charge in [-0.15, -0.1) is 0 Å². The minimum absolute atomic E-state index is 0.322. The molecule has 0 saturated carbocycles. The number of nitrogens with one attached hydrogen (secondary N) is 1. The van der Waals surface area contributed by atoms with Crippen LogP contribution in [0.4, 0.5) is 0 Å². The molecule has 0 amide bonds. The molecule has 0 radical (unpaired) electrons. The zero-order valence-electron chi connectivity index (χ0n) is 11.5. The standard InChI is InChI=1S/C11H15NO.C6H6O/c1-2-4-10(5-3-1)8-11-9-12-6-7-13-11;7-6-4-2-1-3-5-6/h1-5,11-12H,6-9H2;1-5,7H/t11-;/m1./s1. The van der Waals surface area contributed by atoms with Crippen LogP contribution in [0.3, 0.4) is 0 Å². The number of phenolic OH excluding ortho intramolecular Hbond substituents is 1. The predicted molar refractivity (Wildman–Crippen MR) is 80.9 cm³/mol. The van der Waals surface area contributed by atoms with Gasteiger partial charge in [0, 0.05) is 13.1 Å². The van der Waals surface area contributed by atoms with Crippen molar-refractivity contribution in [3.63, 3.8) is 0 Å². The van der Waals surface area contributed by atoms with Gasteiger partial charge in [-0.05, 0) is 24.1 Å². The quantitative estimate of drug-likeness (QED) is 0.882. The van der Waals surface area contributed by atoms with Gasteiger partial charge in [-0.3, -0.25) is 0 Å². The van der Waals surface area contributed by atoms with Crippen molar-refractivity contribution in [2.24, 2.45) is 0 Å². The van der Waals surface area contributed by atoms with Gasteiger partial charge in [-0.25, -0.2) is 0 Å². The highest BCUT2D eigenvalue weighted by Gasteiger charge is 2.12. The first kappa shape index (κ1) is 14.6. The van der Waals surface area contributed by atoms with Crippen LogP contribution in [0.5, 0.6) is 5.75 Å². The van der Waals surface area contributed by atoms with Crippen molar-refractivity contribution in [3.05, 3.63) is 66.2 Å². The van der Waals surface area contributed by atoms with Crippen molar-refractivity contribution in [3.8, 4) is 5.75 Å². The molecule has 1 aliphatic heterocycles. The minimum Gasteiger partial charge on any atom is -0.508 e. The second-order valence-electron chi connectivity index (χ2n) is 4.72. The van der Waals surface area contributed by atoms with E-state index in [9.17, 15) is 0 Å². The first-order chi connectivity index (χ1) is 9.84. The van der Waals surface area contributed by atoms with Gasteiger partial charge in [0.25, 0.3) is 0 Å². The second kappa shape index (κ2) is 8.35. The normalized spacial score (nSPS) is 17.9. The monoisotopic (exact) mass is 271 g/mol. The molecule has 20 heavy (non-hydrogen) atoms. The predicted octanol–water partition coefficient (Wildman–Crippen LogP) is 2.61. The summed E-state index contributed by atoms with van der Waals surface area (Å²) >= 11 is 0. The number of aromatic hydroxyl groups is 1. The Bertz CT molecular complexity index is 467. The minimum atomic E-state index is 0.322. The largest absolute Gasteiger partial charge is 0.508 e. The topological polar surface area (TPSA) is 41.5 Å². The van der Waals surface area contributed by atoms with E-state index in [1.165, 1.54) is 5.56 Å². The molecule has 0 bridgehead atoms. The van der Waals surface area contributed by atoms with Crippen LogP contribution in [0, 0.1) is 0 Å². The summed E-state index contributed by atoms with van der Waals surface area (Å²) in [6.45, 7) is 2.82. The highest BCUT2D eigenvalue weighted by Crippen LogP contribution is 2.07. The second-order valence-corrected chi connectivity index (χ2v) is 4.72. The Morgan fingerprint density at radius 3 is 2.15 bits per heavy atom. The summed E-state index contributed by atoms with van der Waals surface area (Å²) in [5.41, 5.74) is 1.36. The Hall–Kier alpha value is -1.84. The van der Waals surface area contributed by atoms with E-state index in [-0.39, 0.29) is 0 Å². The number of morpholine rings is 1. The first-order valence-electron chi connectivity index (χ1n) is 6.95. The average molecular weight is 271 g/mol. The number of benzene rings is 2. The summed E-state index contributed by atoms with van der Waals surface area (Å²) in [4.78, 5) is 0. The molecule has 1 fully saturated rings. The van der Waals surface area contributed by atoms with Crippen molar-refractivity contribution < 1.29 is 9.84 Å². The SMILES string of the molecule is Oc1ccccc1.c1ccc(C[C@@H]2CNCCO2)cc1. The Kier molecular flexibility index (Phi) is 6.08. The molecule has 0 aromatic heterocycles. The van der Waals surface area contributed by atoms with Crippen LogP contribution >= 0.6 is 0 Å². The molecule has 2 N–H and O–H groups in total. The Labute approximate surface area is 120 Å². The fraction of sp³-hybridized carbons (Fsp3) is 0.294. The highest BCUT2D eigenvalue weighted by atomic mass is 16.5. The van der Waals surface area contributed by atoms with E-state index in [1.54, 1.807) is 24.3 Å². The number of hydrogen-bond donors (Lipinski definition) is 2. The molecule has 1 aliphatic rings. The Morgan fingerprint density at radius 2 is 1.65 bits per heavy atom. The summed E-state index contributed by atoms with van der Waals surface area (Å²) in [5, 5.41) is 12.0. The van der Waals surface area contributed by atoms with Gasteiger partial charge < -0.3 is 15.2 Å². The van der Waals surface area contributed by atoms with Gasteiger partial charge in [0.2, 0.25) is 0 Å². The molecule has 1 heterocycles. The zero-order valence-corrected chi connectivity index (χ0v) is 11.5. The molecule has 3 nitrogen and oxygen atoms in total. The van der Waals surface area contributed by atoms with Crippen LogP contribution in [-0.4, -0.2) is 30.9 Å². The number of hydrogen-bond acceptors (Lipinski definition) is 3. The van der Waals surface area contributed by atoms with E-state index in [0.717, 1.165) is 26.1 Å². The number of para-hydroxylation sites is 1. The average Bonchev–Trinajstić information content (AvgIpc) is 2.51. The van der Waals surface area contributed by atoms with Crippen LogP contribution < -0.4 is 5.32 Å². The fourth-order valence-electron chi connectivity index (χ4n) is 2.06. The van der Waals surface area contributed by atoms with Crippen molar-refractivity contribution in [2.45, 2.75) is 12.5 Å². The maximum atomic E-state index is 8.63. The van der Waals surface area contributed by atoms with Gasteiger partial charge in [-0.1, -0.05) is 48.5 Å². The van der Waals surface area contributed by atoms with E-state index in [4.69, 9.17) is 9.84 Å². The van der Waals surface area contributed by atoms with Gasteiger partial charge >= 0.3 is 0 Å². The van der Waals surface area contributed by atoms with E-state index < -0.39 is 0 Å². The van der Waals surface area contributed by atoms with E-state index in [0.29, 0.717) is 11.9 Å². The molecule has 0 spiro atoms. The molecule has 1 saturated heterocycles. The number of rotatable bonds is 2. The molecule has 106 valence electrons. The molecule has 0 aliphatic carbocycles. The van der Waals surface area contributed by atoms with Crippen LogP contribution in [0.15, 0.2) is 60.7 Å². The van der Waals surface area contributed by atoms with Crippen LogP contribution in [-0.2, 0) is 11.2 Å². The smallest absolute Gasteiger partial charge is 0.115 e. The molecule has 2 aromatic carbocycles. The third-order valence-electron chi connectivity index (χ3n) is 3.07. The highest BCUT2D eigenvalue weighted by molar-refractivity contribution is 5.18. The van der Waals surface area contributed by atoms with E-state index in [1.807, 2.05) is 12.1 Å². The number of ether oxygens (including phenoxy) is 1. The summed E-state index contributed by atoms with van der Waals surface area (Å²) in [7, 11) is 0. The lowest BCUT2D eigenvalue weighted by Gasteiger charge is -2.23. The third-order valence-corrected chi connectivity index (χ3v) is 3.07. The molecule has 0 unspecified atom stereocenters. The molecular formula is C17H21NO2. The molecule has 2 aromatic rings. The summed E-state index contributed by atoms with van der Waals surface area (Å²) < 4.78 is 5.62. The van der Waals surface area contributed by atoms with Crippen molar-refractivity contribution in [1.29, 1.82) is 0 Å². The lowest BCUT2D eigenvalue weighted by molar-refractivity contribution is 0.0292. The fourth-order valence-corrected chi connectivity index (χ4v) is 2.06. The van der Waals surface area contributed by atoms with Gasteiger partial charge in [-0.2, -0.15) is 0 Å². The zero-order chi connectivity index (χ0) is 14.0. The first-order valence-corrected chi connectivity index (χ1v) is 6.95. The maximum absolute atomic E-state index is 8.63. The number of phenols is 1. The van der Waals surface area contributed by atoms with Crippen molar-refractivity contribution in [2.75, 3.05) is 19.7 Å². The van der Waals surface area contributed by atoms with Crippen molar-refractivity contribution in [1.82, 2.24) is 5.32 Å². The summed E-state index contributed by atoms with van der Waals surface area (Å²) in [6.07, 6.45) is 1.38. The van der Waals surface area contributed by atoms with Crippen LogP contribution in [0.25, 0.3) is 0 Å². The summed E-state index contributed by atoms with van der Waals surface area (Å²) in [6, 6.07) is 19.2. The summed E-state index contributed by atoms with van der Waals surface area (Å²) in [5.74, 6) is 0.322. The van der Waals surface area contributed by atoms with E-state index in [2.05, 4.69) is 29.6 Å². The van der Waals surface area contributed by atoms with Crippen molar-refractivity contribution >= 4 is 0 Å². The molecule has 3 rings (SSSR count). The van der Waals surface area contributed by atoms with E-state index >= 15 is 0 Å². The molecule has 3 heteroatoms. The third kappa shape index (κ3) is 5.43. The lowest BCUT2D eigenvalue weighted by Crippen LogP contribution is -2.39. The molecule has 1 atom stereocenters. The Morgan fingerprint density at radius 1 is 1.00 bits per heavy atom. The van der Waals surface area contributed by atoms with Gasteiger partial charge in [0.05, 0.1) is 12.7 Å². The van der Waals surface area contributed by atoms with Gasteiger partial charge in [0.15, 0.2) is 0 Å². The molecular weight excluding hydrogens is 250 g/mol. The van der Waals surface area contributed by atoms with Crippen LogP contribution in [0.2, 0.25) is 0 Å². The lowest BCUT2D eigenvalue weighted by atomic mass is 10.1. The van der Waals surface area contributed by atoms with Crippen LogP contribution in [0.1, 0.15) is 5.56 Å². The Balaban J connectivity index is 0.000000178. The maximum Gasteiger partial charge on any atom is 0.115 e.